The van der Waals surface area contributed by atoms with E-state index in [-0.39, 0.29) is 24.3 Å². The van der Waals surface area contributed by atoms with E-state index in [9.17, 15) is 18.0 Å². The monoisotopic (exact) mass is 517 g/mol. The smallest absolute Gasteiger partial charge is 0.381 e. The second-order valence-electron chi connectivity index (χ2n) is 9.12. The lowest BCUT2D eigenvalue weighted by Gasteiger charge is -2.37. The molecule has 3 aromatic rings. The first-order chi connectivity index (χ1) is 17.2. The number of aromatic nitrogens is 1. The summed E-state index contributed by atoms with van der Waals surface area (Å²) in [6.07, 6.45) is -3.18. The molecule has 0 saturated carbocycles. The van der Waals surface area contributed by atoms with Gasteiger partial charge in [-0.2, -0.15) is 13.2 Å². The van der Waals surface area contributed by atoms with Crippen LogP contribution >= 0.6 is 11.3 Å². The predicted molar refractivity (Wildman–Crippen MR) is 135 cm³/mol. The number of ketones is 1. The summed E-state index contributed by atoms with van der Waals surface area (Å²) < 4.78 is 48.4. The van der Waals surface area contributed by atoms with Crippen molar-refractivity contribution >= 4 is 17.1 Å². The average molecular weight is 518 g/mol. The molecule has 4 rings (SSSR count). The number of Topliss-reactive ketones (excluding diaryl/α,β-unsaturated/α-hetero) is 1. The van der Waals surface area contributed by atoms with E-state index in [0.717, 1.165) is 16.3 Å². The quantitative estimate of drug-likeness (QED) is 0.379. The molecule has 2 unspecified atom stereocenters. The molecule has 2 aromatic carbocycles. The van der Waals surface area contributed by atoms with Crippen molar-refractivity contribution in [3.05, 3.63) is 76.1 Å². The van der Waals surface area contributed by atoms with Crippen LogP contribution in [0.1, 0.15) is 54.4 Å². The summed E-state index contributed by atoms with van der Waals surface area (Å²) in [7, 11) is 0. The molecule has 0 spiro atoms. The molecule has 9 heteroatoms. The van der Waals surface area contributed by atoms with Gasteiger partial charge in [0.15, 0.2) is 5.78 Å². The van der Waals surface area contributed by atoms with Crippen LogP contribution < -0.4 is 11.1 Å². The summed E-state index contributed by atoms with van der Waals surface area (Å²) >= 11 is 1.47. The van der Waals surface area contributed by atoms with E-state index in [1.807, 2.05) is 35.7 Å². The van der Waals surface area contributed by atoms with E-state index < -0.39 is 23.7 Å². The van der Waals surface area contributed by atoms with Gasteiger partial charge in [0.05, 0.1) is 11.7 Å². The summed E-state index contributed by atoms with van der Waals surface area (Å²) in [4.78, 5) is 16.9. The predicted octanol–water partition coefficient (Wildman–Crippen LogP) is 5.73. The topological polar surface area (TPSA) is 77.2 Å². The second-order valence-corrected chi connectivity index (χ2v) is 9.98. The fraction of sp³-hybridized carbons (Fsp3) is 0.407. The van der Waals surface area contributed by atoms with Crippen molar-refractivity contribution in [2.75, 3.05) is 19.8 Å². The summed E-state index contributed by atoms with van der Waals surface area (Å²) in [6, 6.07) is 12.8. The Hall–Kier alpha value is -2.59. The van der Waals surface area contributed by atoms with Gasteiger partial charge in [-0.3, -0.25) is 4.79 Å². The van der Waals surface area contributed by atoms with Crippen LogP contribution in [-0.4, -0.2) is 36.7 Å². The highest BCUT2D eigenvalue weighted by atomic mass is 32.1. The highest BCUT2D eigenvalue weighted by Gasteiger charge is 2.44. The van der Waals surface area contributed by atoms with Crippen LogP contribution in [-0.2, 0) is 14.9 Å². The third-order valence-corrected chi connectivity index (χ3v) is 7.84. The van der Waals surface area contributed by atoms with Crippen molar-refractivity contribution in [2.45, 2.75) is 49.9 Å². The number of halogens is 3. The number of nitrogens with two attached hydrogens (primary N) is 1. The molecule has 1 saturated heterocycles. The van der Waals surface area contributed by atoms with Crippen molar-refractivity contribution in [1.82, 2.24) is 10.3 Å². The Morgan fingerprint density at radius 2 is 1.83 bits per heavy atom. The molecule has 0 aliphatic carbocycles. The minimum Gasteiger partial charge on any atom is -0.381 e. The van der Waals surface area contributed by atoms with Crippen molar-refractivity contribution in [3.8, 4) is 11.3 Å². The molecule has 192 valence electrons. The van der Waals surface area contributed by atoms with Crippen LogP contribution in [0, 0.1) is 0 Å². The van der Waals surface area contributed by atoms with E-state index in [2.05, 4.69) is 5.32 Å². The molecular weight excluding hydrogens is 487 g/mol. The van der Waals surface area contributed by atoms with Crippen molar-refractivity contribution in [2.24, 2.45) is 5.73 Å². The molecule has 2 heterocycles. The van der Waals surface area contributed by atoms with Crippen LogP contribution in [0.25, 0.3) is 11.3 Å². The van der Waals surface area contributed by atoms with Crippen LogP contribution in [0.3, 0.4) is 0 Å². The molecule has 2 atom stereocenters. The number of benzene rings is 2. The van der Waals surface area contributed by atoms with Crippen LogP contribution in [0.4, 0.5) is 13.2 Å². The van der Waals surface area contributed by atoms with Crippen molar-refractivity contribution in [1.29, 1.82) is 0 Å². The first-order valence-electron chi connectivity index (χ1n) is 12.0. The Kier molecular flexibility index (Phi) is 8.24. The highest BCUT2D eigenvalue weighted by Crippen LogP contribution is 2.40. The second kappa shape index (κ2) is 11.2. The SMILES string of the molecule is CCC(=O)C(N)c1cccc(C(NCC2(c3nc(-c4ccccc4)cs3)CCOCC2)C(F)(F)F)c1. The number of thiazole rings is 1. The van der Waals surface area contributed by atoms with E-state index in [1.54, 1.807) is 13.0 Å². The van der Waals surface area contributed by atoms with Gasteiger partial charge in [0.1, 0.15) is 11.0 Å². The third-order valence-electron chi connectivity index (χ3n) is 6.75. The number of ether oxygens (including phenoxy) is 1. The Bertz CT molecular complexity index is 1160. The van der Waals surface area contributed by atoms with Crippen LogP contribution in [0.2, 0.25) is 0 Å². The van der Waals surface area contributed by atoms with Gasteiger partial charge in [0.25, 0.3) is 0 Å². The maximum absolute atomic E-state index is 14.3. The fourth-order valence-corrected chi connectivity index (χ4v) is 5.63. The Balaban J connectivity index is 1.61. The molecule has 0 bridgehead atoms. The Morgan fingerprint density at radius 3 is 2.50 bits per heavy atom. The third kappa shape index (κ3) is 5.86. The van der Waals surface area contributed by atoms with E-state index in [4.69, 9.17) is 15.5 Å². The average Bonchev–Trinajstić information content (AvgIpc) is 3.40. The number of hydrogen-bond donors (Lipinski definition) is 2. The highest BCUT2D eigenvalue weighted by molar-refractivity contribution is 7.10. The maximum Gasteiger partial charge on any atom is 0.407 e. The fourth-order valence-electron chi connectivity index (χ4n) is 4.55. The summed E-state index contributed by atoms with van der Waals surface area (Å²) in [6.45, 7) is 2.69. The van der Waals surface area contributed by atoms with Gasteiger partial charge in [-0.15, -0.1) is 11.3 Å². The molecule has 3 N–H and O–H groups in total. The number of nitrogens with zero attached hydrogens (tertiary/aromatic N) is 1. The van der Waals surface area contributed by atoms with E-state index in [1.165, 1.54) is 29.5 Å². The van der Waals surface area contributed by atoms with E-state index in [0.29, 0.717) is 31.6 Å². The van der Waals surface area contributed by atoms with Gasteiger partial charge in [-0.25, -0.2) is 4.98 Å². The standard InChI is InChI=1S/C27H30F3N3O2S/c1-2-22(34)23(31)19-9-6-10-20(15-19)24(27(28,29)30)32-17-26(11-13-35-14-12-26)25-33-21(16-36-25)18-7-4-3-5-8-18/h3-10,15-16,23-24,32H,2,11-14,17,31H2,1H3. The molecule has 5 nitrogen and oxygen atoms in total. The number of rotatable bonds is 9. The number of carbonyl (C=O) groups is 1. The van der Waals surface area contributed by atoms with Gasteiger partial charge in [-0.1, -0.05) is 61.5 Å². The molecule has 1 aliphatic rings. The number of hydrogen-bond acceptors (Lipinski definition) is 6. The van der Waals surface area contributed by atoms with Crippen LogP contribution in [0.15, 0.2) is 60.0 Å². The van der Waals surface area contributed by atoms with Gasteiger partial charge in [0, 0.05) is 42.5 Å². The Morgan fingerprint density at radius 1 is 1.14 bits per heavy atom. The molecule has 1 fully saturated rings. The first-order valence-corrected chi connectivity index (χ1v) is 12.9. The minimum absolute atomic E-state index is 0.0330. The van der Waals surface area contributed by atoms with Crippen molar-refractivity contribution < 1.29 is 22.7 Å². The number of nitrogens with one attached hydrogen (secondary N) is 1. The lowest BCUT2D eigenvalue weighted by Crippen LogP contribution is -2.46. The molecular formula is C27H30F3N3O2S. The van der Waals surface area contributed by atoms with Gasteiger partial charge in [0.2, 0.25) is 0 Å². The zero-order valence-electron chi connectivity index (χ0n) is 20.1. The zero-order valence-corrected chi connectivity index (χ0v) is 20.9. The molecule has 1 aliphatic heterocycles. The molecule has 36 heavy (non-hydrogen) atoms. The van der Waals surface area contributed by atoms with E-state index >= 15 is 0 Å². The molecule has 1 aromatic heterocycles. The Labute approximate surface area is 212 Å². The largest absolute Gasteiger partial charge is 0.407 e. The minimum atomic E-state index is -4.54. The lowest BCUT2D eigenvalue weighted by molar-refractivity contribution is -0.158. The van der Waals surface area contributed by atoms with Gasteiger partial charge < -0.3 is 15.8 Å². The van der Waals surface area contributed by atoms with Crippen molar-refractivity contribution in [3.63, 3.8) is 0 Å². The molecule has 0 amide bonds. The lowest BCUT2D eigenvalue weighted by atomic mass is 9.80. The zero-order chi connectivity index (χ0) is 25.8. The summed E-state index contributed by atoms with van der Waals surface area (Å²) in [5.41, 5.74) is 7.61. The van der Waals surface area contributed by atoms with Gasteiger partial charge in [-0.05, 0) is 24.0 Å². The summed E-state index contributed by atoms with van der Waals surface area (Å²) in [5.74, 6) is -0.220. The summed E-state index contributed by atoms with van der Waals surface area (Å²) in [5, 5.41) is 5.57. The number of alkyl halides is 3. The maximum atomic E-state index is 14.3. The normalized spacial score (nSPS) is 17.5. The number of carbonyl (C=O) groups excluding carboxylic acids is 1. The molecule has 0 radical (unpaired) electrons. The van der Waals surface area contributed by atoms with Gasteiger partial charge >= 0.3 is 6.18 Å². The van der Waals surface area contributed by atoms with Crippen LogP contribution in [0.5, 0.6) is 0 Å². The first kappa shape index (κ1) is 26.5.